The van der Waals surface area contributed by atoms with E-state index >= 15 is 0 Å². The minimum Gasteiger partial charge on any atom is -0.394 e. The van der Waals surface area contributed by atoms with Crippen LogP contribution in [0.25, 0.3) is 0 Å². The van der Waals surface area contributed by atoms with Gasteiger partial charge in [0.05, 0.1) is 6.61 Å². The molecule has 20 heavy (non-hydrogen) atoms. The van der Waals surface area contributed by atoms with Crippen LogP contribution in [0.15, 0.2) is 21.9 Å². The highest BCUT2D eigenvalue weighted by atomic mass is 16.6. The molecule has 0 radical (unpaired) electrons. The predicted octanol–water partition coefficient (Wildman–Crippen LogP) is -1.66. The van der Waals surface area contributed by atoms with Crippen LogP contribution in [-0.2, 0) is 9.47 Å². The molecule has 0 saturated carbocycles. The number of aliphatic hydroxyl groups is 2. The fraction of sp³-hybridized carbons (Fsp3) is 0.667. The summed E-state index contributed by atoms with van der Waals surface area (Å²) in [5, 5.41) is 19.6. The predicted molar refractivity (Wildman–Crippen MR) is 66.2 cm³/mol. The summed E-state index contributed by atoms with van der Waals surface area (Å²) in [5.74, 6) is 0. The van der Waals surface area contributed by atoms with Crippen molar-refractivity contribution in [2.75, 3.05) is 13.2 Å². The number of ether oxygens (including phenoxy) is 2. The molecule has 3 rings (SSSR count). The topological polar surface area (TPSA) is 114 Å². The summed E-state index contributed by atoms with van der Waals surface area (Å²) in [7, 11) is 0. The van der Waals surface area contributed by atoms with Crippen LogP contribution in [0.5, 0.6) is 0 Å². The Kier molecular flexibility index (Phi) is 3.25. The second-order valence-corrected chi connectivity index (χ2v) is 5.08. The van der Waals surface area contributed by atoms with Crippen molar-refractivity contribution in [2.24, 2.45) is 0 Å². The van der Waals surface area contributed by atoms with E-state index in [4.69, 9.17) is 9.47 Å². The van der Waals surface area contributed by atoms with Crippen molar-refractivity contribution in [3.8, 4) is 0 Å². The van der Waals surface area contributed by atoms with E-state index in [1.165, 1.54) is 16.8 Å². The third-order valence-electron chi connectivity index (χ3n) is 3.94. The van der Waals surface area contributed by atoms with Gasteiger partial charge < -0.3 is 19.7 Å². The fourth-order valence-electron chi connectivity index (χ4n) is 2.98. The molecule has 0 aromatic carbocycles. The standard InChI is InChI=1S/C12H16N2O6/c15-6-7-9(17)12(3-1-5-19-12)10(20-7)14-4-2-8(16)13-11(14)18/h2,4,7,9-10,15,17H,1,3,5-6H2,(H,13,16,18)/t7-,9-,10-,12-/m1/s1. The molecule has 8 heteroatoms. The average Bonchev–Trinajstić information content (AvgIpc) is 3.00. The molecular formula is C12H16N2O6. The molecule has 0 unspecified atom stereocenters. The lowest BCUT2D eigenvalue weighted by molar-refractivity contribution is -0.122. The molecule has 2 aliphatic rings. The molecule has 4 atom stereocenters. The smallest absolute Gasteiger partial charge is 0.330 e. The van der Waals surface area contributed by atoms with Crippen LogP contribution in [0.2, 0.25) is 0 Å². The Hall–Kier alpha value is -1.48. The van der Waals surface area contributed by atoms with Gasteiger partial charge in [-0.25, -0.2) is 4.79 Å². The van der Waals surface area contributed by atoms with Crippen LogP contribution in [0, 0.1) is 0 Å². The number of rotatable bonds is 2. The Balaban J connectivity index is 2.06. The molecule has 2 fully saturated rings. The van der Waals surface area contributed by atoms with Gasteiger partial charge in [0.25, 0.3) is 5.56 Å². The number of aromatic nitrogens is 2. The zero-order chi connectivity index (χ0) is 14.3. The largest absolute Gasteiger partial charge is 0.394 e. The van der Waals surface area contributed by atoms with Gasteiger partial charge in [-0.1, -0.05) is 0 Å². The number of H-pyrrole nitrogens is 1. The van der Waals surface area contributed by atoms with Crippen LogP contribution in [0.1, 0.15) is 19.1 Å². The lowest BCUT2D eigenvalue weighted by atomic mass is 9.91. The van der Waals surface area contributed by atoms with Crippen LogP contribution >= 0.6 is 0 Å². The van der Waals surface area contributed by atoms with Gasteiger partial charge in [-0.2, -0.15) is 0 Å². The Bertz CT molecular complexity index is 602. The molecule has 1 aromatic rings. The maximum atomic E-state index is 11.9. The number of aromatic amines is 1. The van der Waals surface area contributed by atoms with E-state index in [0.29, 0.717) is 13.0 Å². The molecule has 2 saturated heterocycles. The summed E-state index contributed by atoms with van der Waals surface area (Å²) >= 11 is 0. The van der Waals surface area contributed by atoms with Crippen molar-refractivity contribution in [3.63, 3.8) is 0 Å². The zero-order valence-electron chi connectivity index (χ0n) is 10.7. The van der Waals surface area contributed by atoms with E-state index in [1.807, 2.05) is 0 Å². The van der Waals surface area contributed by atoms with E-state index in [9.17, 15) is 19.8 Å². The molecule has 2 aliphatic heterocycles. The molecule has 0 aliphatic carbocycles. The molecular weight excluding hydrogens is 268 g/mol. The Morgan fingerprint density at radius 1 is 1.50 bits per heavy atom. The molecule has 110 valence electrons. The molecule has 8 nitrogen and oxygen atoms in total. The summed E-state index contributed by atoms with van der Waals surface area (Å²) in [4.78, 5) is 25.2. The van der Waals surface area contributed by atoms with Crippen LogP contribution in [0.3, 0.4) is 0 Å². The summed E-state index contributed by atoms with van der Waals surface area (Å²) in [6.07, 6.45) is -0.173. The van der Waals surface area contributed by atoms with Crippen molar-refractivity contribution in [1.82, 2.24) is 9.55 Å². The number of nitrogens with one attached hydrogen (secondary N) is 1. The van der Waals surface area contributed by atoms with E-state index in [-0.39, 0.29) is 6.61 Å². The van der Waals surface area contributed by atoms with Gasteiger partial charge in [0.15, 0.2) is 6.23 Å². The van der Waals surface area contributed by atoms with Crippen molar-refractivity contribution < 1.29 is 19.7 Å². The SMILES string of the molecule is O=c1ccn([C@@H]2O[C@H](CO)[C@@H](O)[C@]23CCCO3)c(=O)[nH]1. The number of aliphatic hydroxyl groups excluding tert-OH is 2. The Labute approximate surface area is 113 Å². The second-order valence-electron chi connectivity index (χ2n) is 5.08. The number of hydrogen-bond donors (Lipinski definition) is 3. The fourth-order valence-corrected chi connectivity index (χ4v) is 2.98. The maximum absolute atomic E-state index is 11.9. The lowest BCUT2D eigenvalue weighted by Gasteiger charge is -2.31. The van der Waals surface area contributed by atoms with Gasteiger partial charge >= 0.3 is 5.69 Å². The highest BCUT2D eigenvalue weighted by molar-refractivity contribution is 5.06. The van der Waals surface area contributed by atoms with Gasteiger partial charge in [0.1, 0.15) is 17.8 Å². The van der Waals surface area contributed by atoms with Crippen molar-refractivity contribution in [2.45, 2.75) is 36.9 Å². The summed E-state index contributed by atoms with van der Waals surface area (Å²) in [5.41, 5.74) is -2.21. The van der Waals surface area contributed by atoms with E-state index in [0.717, 1.165) is 6.42 Å². The zero-order valence-corrected chi connectivity index (χ0v) is 10.7. The summed E-state index contributed by atoms with van der Waals surface area (Å²) in [6, 6.07) is 1.20. The maximum Gasteiger partial charge on any atom is 0.330 e. The van der Waals surface area contributed by atoms with E-state index in [2.05, 4.69) is 4.98 Å². The molecule has 1 aromatic heterocycles. The molecule has 0 amide bonds. The highest BCUT2D eigenvalue weighted by Crippen LogP contribution is 2.46. The minimum absolute atomic E-state index is 0.374. The molecule has 1 spiro atoms. The van der Waals surface area contributed by atoms with Crippen molar-refractivity contribution in [1.29, 1.82) is 0 Å². The Morgan fingerprint density at radius 2 is 2.30 bits per heavy atom. The monoisotopic (exact) mass is 284 g/mol. The third kappa shape index (κ3) is 1.84. The number of nitrogens with zero attached hydrogens (tertiary/aromatic N) is 1. The van der Waals surface area contributed by atoms with Gasteiger partial charge in [0.2, 0.25) is 0 Å². The normalized spacial score (nSPS) is 36.8. The minimum atomic E-state index is -1.06. The second kappa shape index (κ2) is 4.81. The first kappa shape index (κ1) is 13.5. The average molecular weight is 284 g/mol. The first-order valence-corrected chi connectivity index (χ1v) is 6.48. The van der Waals surface area contributed by atoms with Gasteiger partial charge in [0, 0.05) is 18.9 Å². The lowest BCUT2D eigenvalue weighted by Crippen LogP contribution is -2.48. The van der Waals surface area contributed by atoms with Gasteiger partial charge in [-0.05, 0) is 12.8 Å². The Morgan fingerprint density at radius 3 is 2.90 bits per heavy atom. The summed E-state index contributed by atoms with van der Waals surface area (Å²) in [6.45, 7) is 0.0774. The van der Waals surface area contributed by atoms with E-state index < -0.39 is 35.3 Å². The highest BCUT2D eigenvalue weighted by Gasteiger charge is 2.59. The molecule has 3 N–H and O–H groups in total. The van der Waals surface area contributed by atoms with Gasteiger partial charge in [-0.15, -0.1) is 0 Å². The first-order chi connectivity index (χ1) is 9.58. The quantitative estimate of drug-likeness (QED) is 0.599. The van der Waals surface area contributed by atoms with Gasteiger partial charge in [-0.3, -0.25) is 14.3 Å². The molecule has 0 bridgehead atoms. The van der Waals surface area contributed by atoms with Crippen LogP contribution in [-0.4, -0.2) is 50.8 Å². The number of hydrogen-bond acceptors (Lipinski definition) is 6. The molecule has 3 heterocycles. The van der Waals surface area contributed by atoms with E-state index in [1.54, 1.807) is 0 Å². The van der Waals surface area contributed by atoms with Crippen LogP contribution < -0.4 is 11.2 Å². The van der Waals surface area contributed by atoms with Crippen molar-refractivity contribution >= 4 is 0 Å². The summed E-state index contributed by atoms with van der Waals surface area (Å²) < 4.78 is 12.4. The third-order valence-corrected chi connectivity index (χ3v) is 3.94. The van der Waals surface area contributed by atoms with Crippen LogP contribution in [0.4, 0.5) is 0 Å². The van der Waals surface area contributed by atoms with Crippen molar-refractivity contribution in [3.05, 3.63) is 33.1 Å². The first-order valence-electron chi connectivity index (χ1n) is 6.48.